The van der Waals surface area contributed by atoms with E-state index in [1.807, 2.05) is 19.0 Å². The lowest BCUT2D eigenvalue weighted by Crippen LogP contribution is -2.26. The smallest absolute Gasteiger partial charge is 0.186 e. The van der Waals surface area contributed by atoms with E-state index in [2.05, 4.69) is 5.10 Å². The van der Waals surface area contributed by atoms with Crippen molar-refractivity contribution in [1.29, 1.82) is 0 Å². The Bertz CT molecular complexity index is 389. The molecule has 0 amide bonds. The monoisotopic (exact) mass is 258 g/mol. The van der Waals surface area contributed by atoms with Gasteiger partial charge in [-0.2, -0.15) is 5.10 Å². The molecular formula is C11H19ClN4O. The van der Waals surface area contributed by atoms with E-state index in [1.54, 1.807) is 11.6 Å². The van der Waals surface area contributed by atoms with E-state index >= 15 is 0 Å². The van der Waals surface area contributed by atoms with Crippen LogP contribution in [-0.2, 0) is 6.54 Å². The van der Waals surface area contributed by atoms with E-state index in [-0.39, 0.29) is 11.7 Å². The highest BCUT2D eigenvalue weighted by Crippen LogP contribution is 2.18. The maximum absolute atomic E-state index is 12.1. The van der Waals surface area contributed by atoms with Crippen LogP contribution in [0.5, 0.6) is 0 Å². The van der Waals surface area contributed by atoms with Crippen LogP contribution in [0.25, 0.3) is 0 Å². The number of ketones is 1. The topological polar surface area (TPSA) is 64.2 Å². The first-order valence-corrected chi connectivity index (χ1v) is 5.95. The number of Topliss-reactive ketones (excluding diaryl/α,β-unsaturated/α-hetero) is 1. The van der Waals surface area contributed by atoms with Gasteiger partial charge in [0.05, 0.1) is 17.8 Å². The Morgan fingerprint density at radius 1 is 1.65 bits per heavy atom. The van der Waals surface area contributed by atoms with Crippen LogP contribution in [-0.4, -0.2) is 47.6 Å². The summed E-state index contributed by atoms with van der Waals surface area (Å²) in [6.45, 7) is 3.54. The van der Waals surface area contributed by atoms with E-state index < -0.39 is 0 Å². The van der Waals surface area contributed by atoms with Crippen LogP contribution in [0.3, 0.4) is 0 Å². The Balaban J connectivity index is 2.90. The van der Waals surface area contributed by atoms with E-state index in [1.165, 1.54) is 6.20 Å². The molecule has 2 N–H and O–H groups in total. The van der Waals surface area contributed by atoms with Crippen molar-refractivity contribution < 1.29 is 4.79 Å². The molecule has 5 nitrogen and oxygen atoms in total. The molecule has 96 valence electrons. The first-order valence-electron chi connectivity index (χ1n) is 5.57. The molecule has 0 fully saturated rings. The minimum Gasteiger partial charge on any atom is -0.330 e. The van der Waals surface area contributed by atoms with Crippen molar-refractivity contribution in [2.75, 3.05) is 27.2 Å². The van der Waals surface area contributed by atoms with Gasteiger partial charge in [-0.15, -0.1) is 0 Å². The minimum atomic E-state index is -0.234. The Hall–Kier alpha value is -0.910. The molecule has 1 unspecified atom stereocenters. The number of carbonyl (C=O) groups excluding carboxylic acids is 1. The number of rotatable bonds is 6. The Morgan fingerprint density at radius 3 is 2.82 bits per heavy atom. The quantitative estimate of drug-likeness (QED) is 0.770. The van der Waals surface area contributed by atoms with Gasteiger partial charge >= 0.3 is 0 Å². The summed E-state index contributed by atoms with van der Waals surface area (Å²) in [5.74, 6) is -0.281. The van der Waals surface area contributed by atoms with Gasteiger partial charge in [-0.05, 0) is 14.1 Å². The third-order valence-corrected chi connectivity index (χ3v) is 2.86. The molecule has 0 aliphatic rings. The second-order valence-electron chi connectivity index (χ2n) is 4.37. The second-order valence-corrected chi connectivity index (χ2v) is 4.78. The average molecular weight is 259 g/mol. The summed E-state index contributed by atoms with van der Waals surface area (Å²) in [5, 5.41) is 4.52. The van der Waals surface area contributed by atoms with Crippen molar-refractivity contribution >= 4 is 17.4 Å². The SMILES string of the molecule is CC(CN)C(=O)c1c(Cl)cnn1CCN(C)C. The first kappa shape index (κ1) is 14.2. The number of aromatic nitrogens is 2. The fourth-order valence-electron chi connectivity index (χ4n) is 1.41. The maximum atomic E-state index is 12.1. The van der Waals surface area contributed by atoms with Gasteiger partial charge in [-0.3, -0.25) is 9.48 Å². The van der Waals surface area contributed by atoms with Crippen LogP contribution in [0.1, 0.15) is 17.4 Å². The highest BCUT2D eigenvalue weighted by atomic mass is 35.5. The van der Waals surface area contributed by atoms with E-state index in [4.69, 9.17) is 17.3 Å². The molecule has 0 aliphatic heterocycles. The lowest BCUT2D eigenvalue weighted by Gasteiger charge is -2.13. The summed E-state index contributed by atoms with van der Waals surface area (Å²) in [6, 6.07) is 0. The number of nitrogens with two attached hydrogens (primary N) is 1. The van der Waals surface area contributed by atoms with Gasteiger partial charge in [-0.25, -0.2) is 0 Å². The molecule has 1 heterocycles. The second kappa shape index (κ2) is 6.14. The van der Waals surface area contributed by atoms with Crippen LogP contribution < -0.4 is 5.73 Å². The van der Waals surface area contributed by atoms with Crippen molar-refractivity contribution in [3.8, 4) is 0 Å². The zero-order valence-electron chi connectivity index (χ0n) is 10.5. The molecular weight excluding hydrogens is 240 g/mol. The van der Waals surface area contributed by atoms with Crippen molar-refractivity contribution in [1.82, 2.24) is 14.7 Å². The number of hydrogen-bond donors (Lipinski definition) is 1. The molecule has 0 spiro atoms. The number of likely N-dealkylation sites (N-methyl/N-ethyl adjacent to an activating group) is 1. The maximum Gasteiger partial charge on any atom is 0.186 e. The van der Waals surface area contributed by atoms with Crippen LogP contribution in [0.4, 0.5) is 0 Å². The fraction of sp³-hybridized carbons (Fsp3) is 0.636. The van der Waals surface area contributed by atoms with Crippen molar-refractivity contribution in [2.45, 2.75) is 13.5 Å². The Morgan fingerprint density at radius 2 is 2.29 bits per heavy atom. The first-order chi connectivity index (χ1) is 7.97. The zero-order chi connectivity index (χ0) is 13.0. The molecule has 0 saturated carbocycles. The molecule has 1 aromatic rings. The van der Waals surface area contributed by atoms with Gasteiger partial charge in [0, 0.05) is 19.0 Å². The summed E-state index contributed by atoms with van der Waals surface area (Å²) in [7, 11) is 3.93. The predicted octanol–water partition coefficient (Wildman–Crippen LogP) is 0.876. The molecule has 0 aromatic carbocycles. The van der Waals surface area contributed by atoms with Crippen molar-refractivity contribution in [3.63, 3.8) is 0 Å². The van der Waals surface area contributed by atoms with Gasteiger partial charge in [0.2, 0.25) is 0 Å². The number of nitrogens with zero attached hydrogens (tertiary/aromatic N) is 3. The van der Waals surface area contributed by atoms with Gasteiger partial charge in [0.15, 0.2) is 5.78 Å². The molecule has 0 aliphatic carbocycles. The summed E-state index contributed by atoms with van der Waals surface area (Å²) in [6.07, 6.45) is 1.51. The van der Waals surface area contributed by atoms with Gasteiger partial charge in [0.1, 0.15) is 5.69 Å². The van der Waals surface area contributed by atoms with E-state index in [0.717, 1.165) is 6.54 Å². The lowest BCUT2D eigenvalue weighted by atomic mass is 10.0. The molecule has 1 aromatic heterocycles. The van der Waals surface area contributed by atoms with Gasteiger partial charge in [-0.1, -0.05) is 18.5 Å². The summed E-state index contributed by atoms with van der Waals surface area (Å²) >= 11 is 6.00. The van der Waals surface area contributed by atoms with Gasteiger partial charge in [0.25, 0.3) is 0 Å². The van der Waals surface area contributed by atoms with Crippen LogP contribution in [0, 0.1) is 5.92 Å². The molecule has 0 saturated heterocycles. The number of hydrogen-bond acceptors (Lipinski definition) is 4. The molecule has 0 radical (unpaired) electrons. The van der Waals surface area contributed by atoms with Crippen molar-refractivity contribution in [2.24, 2.45) is 11.7 Å². The highest BCUT2D eigenvalue weighted by Gasteiger charge is 2.21. The summed E-state index contributed by atoms with van der Waals surface area (Å²) in [5.41, 5.74) is 5.96. The third-order valence-electron chi connectivity index (χ3n) is 2.59. The molecule has 1 atom stereocenters. The van der Waals surface area contributed by atoms with Crippen LogP contribution >= 0.6 is 11.6 Å². The van der Waals surface area contributed by atoms with Crippen molar-refractivity contribution in [3.05, 3.63) is 16.9 Å². The zero-order valence-corrected chi connectivity index (χ0v) is 11.2. The Kier molecular flexibility index (Phi) is 5.11. The van der Waals surface area contributed by atoms with E-state index in [0.29, 0.717) is 23.8 Å². The number of halogens is 1. The number of carbonyl (C=O) groups is 1. The normalized spacial score (nSPS) is 13.1. The molecule has 1 rings (SSSR count). The highest BCUT2D eigenvalue weighted by molar-refractivity contribution is 6.33. The predicted molar refractivity (Wildman–Crippen MR) is 68.3 cm³/mol. The molecule has 0 bridgehead atoms. The largest absolute Gasteiger partial charge is 0.330 e. The average Bonchev–Trinajstić information content (AvgIpc) is 2.65. The summed E-state index contributed by atoms with van der Waals surface area (Å²) < 4.78 is 1.65. The third kappa shape index (κ3) is 3.52. The van der Waals surface area contributed by atoms with Gasteiger partial charge < -0.3 is 10.6 Å². The van der Waals surface area contributed by atoms with E-state index in [9.17, 15) is 4.79 Å². The summed E-state index contributed by atoms with van der Waals surface area (Å²) in [4.78, 5) is 14.1. The Labute approximate surface area is 107 Å². The van der Waals surface area contributed by atoms with Crippen LogP contribution in [0.15, 0.2) is 6.20 Å². The molecule has 6 heteroatoms. The fourth-order valence-corrected chi connectivity index (χ4v) is 1.65. The van der Waals surface area contributed by atoms with Crippen LogP contribution in [0.2, 0.25) is 5.02 Å². The standard InChI is InChI=1S/C11H19ClN4O/c1-8(6-13)11(17)10-9(12)7-14-16(10)5-4-15(2)3/h7-8H,4-6,13H2,1-3H3. The lowest BCUT2D eigenvalue weighted by molar-refractivity contribution is 0.0922. The molecule has 17 heavy (non-hydrogen) atoms. The minimum absolute atomic E-state index is 0.0474.